The summed E-state index contributed by atoms with van der Waals surface area (Å²) in [6.07, 6.45) is 0. The first kappa shape index (κ1) is 25.4. The molecule has 0 fully saturated rings. The molecule has 0 amide bonds. The second-order valence-corrected chi connectivity index (χ2v) is 10.7. The summed E-state index contributed by atoms with van der Waals surface area (Å²) < 4.78 is 0. The van der Waals surface area contributed by atoms with Crippen LogP contribution in [0, 0.1) is 39.4 Å². The number of carboxylic acids is 3. The maximum absolute atomic E-state index is 12.4. The highest BCUT2D eigenvalue weighted by Crippen LogP contribution is 2.58. The van der Waals surface area contributed by atoms with E-state index < -0.39 is 57.3 Å². The number of hydrogen-bond donors (Lipinski definition) is 4. The quantitative estimate of drug-likeness (QED) is 0.526. The highest BCUT2D eigenvalue weighted by Gasteiger charge is 2.65. The first-order chi connectivity index (χ1) is 11.8. The van der Waals surface area contributed by atoms with Crippen molar-refractivity contribution in [2.45, 2.75) is 62.3 Å². The molecule has 0 saturated heterocycles. The van der Waals surface area contributed by atoms with E-state index in [1.165, 1.54) is 0 Å². The van der Waals surface area contributed by atoms with Crippen LogP contribution in [0.15, 0.2) is 0 Å². The van der Waals surface area contributed by atoms with Crippen LogP contribution >= 0.6 is 0 Å². The van der Waals surface area contributed by atoms with Crippen LogP contribution in [0.5, 0.6) is 0 Å². The summed E-state index contributed by atoms with van der Waals surface area (Å²) >= 11 is 0. The molecule has 3 atom stereocenters. The Hall–Kier alpha value is -1.63. The molecule has 158 valence electrons. The van der Waals surface area contributed by atoms with Gasteiger partial charge in [-0.2, -0.15) is 0 Å². The number of rotatable bonds is 7. The third kappa shape index (κ3) is 5.00. The van der Waals surface area contributed by atoms with Crippen LogP contribution in [0.25, 0.3) is 0 Å². The molecule has 0 aromatic heterocycles. The maximum atomic E-state index is 12.4. The Balaban J connectivity index is 7.50. The average Bonchev–Trinajstić information content (AvgIpc) is 2.30. The van der Waals surface area contributed by atoms with E-state index >= 15 is 0 Å². The normalized spacial score (nSPS) is 18.9. The molecule has 5 N–H and O–H groups in total. The summed E-state index contributed by atoms with van der Waals surface area (Å²) in [5.41, 5.74) is 1.67. The van der Waals surface area contributed by atoms with Gasteiger partial charge >= 0.3 is 17.9 Å². The number of carbonyl (C=O) groups is 3. The van der Waals surface area contributed by atoms with Crippen LogP contribution in [0.4, 0.5) is 0 Å². The highest BCUT2D eigenvalue weighted by molar-refractivity contribution is 5.81. The second-order valence-electron chi connectivity index (χ2n) is 10.7. The monoisotopic (exact) mass is 387 g/mol. The van der Waals surface area contributed by atoms with Crippen molar-refractivity contribution < 1.29 is 29.7 Å². The first-order valence-corrected chi connectivity index (χ1v) is 9.14. The summed E-state index contributed by atoms with van der Waals surface area (Å²) in [5, 5.41) is 30.4. The third-order valence-electron chi connectivity index (χ3n) is 5.30. The van der Waals surface area contributed by atoms with Gasteiger partial charge in [0, 0.05) is 12.0 Å². The zero-order chi connectivity index (χ0) is 22.2. The lowest BCUT2D eigenvalue weighted by Crippen LogP contribution is -2.64. The molecule has 0 heterocycles. The van der Waals surface area contributed by atoms with Gasteiger partial charge in [-0.1, -0.05) is 62.3 Å². The number of nitrogens with two attached hydrogens (primary N) is 1. The van der Waals surface area contributed by atoms with Gasteiger partial charge in [-0.15, -0.1) is 0 Å². The van der Waals surface area contributed by atoms with Crippen LogP contribution < -0.4 is 5.73 Å². The van der Waals surface area contributed by atoms with E-state index in [0.717, 1.165) is 0 Å². The Kier molecular flexibility index (Phi) is 7.31. The summed E-state index contributed by atoms with van der Waals surface area (Å²) in [5.74, 6) is -7.56. The van der Waals surface area contributed by atoms with E-state index in [0.29, 0.717) is 0 Å². The molecule has 0 aromatic rings. The lowest BCUT2D eigenvalue weighted by atomic mass is 9.45. The van der Waals surface area contributed by atoms with Gasteiger partial charge in [-0.05, 0) is 16.2 Å². The minimum absolute atomic E-state index is 0.371. The molecular weight excluding hydrogens is 350 g/mol. The molecule has 0 radical (unpaired) electrons. The van der Waals surface area contributed by atoms with Gasteiger partial charge in [0.1, 0.15) is 0 Å². The van der Waals surface area contributed by atoms with Gasteiger partial charge in [0.15, 0.2) is 0 Å². The SMILES string of the molecule is CC(C)(C)C(C(=O)O)C(CN)(C(C(=O)O)C(C)(C)C)C(C(=O)O)C(C)(C)C. The average molecular weight is 388 g/mol. The lowest BCUT2D eigenvalue weighted by molar-refractivity contribution is -0.189. The van der Waals surface area contributed by atoms with Crippen LogP contribution in [0.3, 0.4) is 0 Å². The fourth-order valence-electron chi connectivity index (χ4n) is 5.07. The standard InChI is InChI=1S/C20H37NO6/c1-17(2,3)11(14(22)23)20(10-21,12(15(24)25)18(4,5)6)13(16(26)27)19(7,8)9/h11-13H,10,21H2,1-9H3,(H,22,23)(H,24,25)(H,26,27). The second kappa shape index (κ2) is 7.78. The van der Waals surface area contributed by atoms with Crippen molar-refractivity contribution in [3.63, 3.8) is 0 Å². The molecular formula is C20H37NO6. The van der Waals surface area contributed by atoms with E-state index in [1.807, 2.05) is 0 Å². The van der Waals surface area contributed by atoms with Crippen LogP contribution in [-0.2, 0) is 14.4 Å². The van der Waals surface area contributed by atoms with Crippen molar-refractivity contribution >= 4 is 17.9 Å². The number of hydrogen-bond acceptors (Lipinski definition) is 4. The Labute approximate surface area is 162 Å². The molecule has 3 unspecified atom stereocenters. The summed E-state index contributed by atoms with van der Waals surface area (Å²) in [6, 6.07) is 0. The van der Waals surface area contributed by atoms with Gasteiger partial charge in [-0.25, -0.2) is 0 Å². The fourth-order valence-corrected chi connectivity index (χ4v) is 5.07. The predicted molar refractivity (Wildman–Crippen MR) is 103 cm³/mol. The van der Waals surface area contributed by atoms with Crippen molar-refractivity contribution in [1.29, 1.82) is 0 Å². The van der Waals surface area contributed by atoms with Gasteiger partial charge in [-0.3, -0.25) is 14.4 Å². The third-order valence-corrected chi connectivity index (χ3v) is 5.30. The van der Waals surface area contributed by atoms with Crippen molar-refractivity contribution in [3.8, 4) is 0 Å². The first-order valence-electron chi connectivity index (χ1n) is 9.14. The minimum atomic E-state index is -1.71. The summed E-state index contributed by atoms with van der Waals surface area (Å²) in [7, 11) is 0. The summed E-state index contributed by atoms with van der Waals surface area (Å²) in [4.78, 5) is 37.3. The Morgan fingerprint density at radius 1 is 0.630 bits per heavy atom. The molecule has 0 bridgehead atoms. The van der Waals surface area contributed by atoms with E-state index in [4.69, 9.17) is 5.73 Å². The molecule has 0 aliphatic carbocycles. The van der Waals surface area contributed by atoms with Gasteiger partial charge in [0.25, 0.3) is 0 Å². The highest BCUT2D eigenvalue weighted by atomic mass is 16.4. The smallest absolute Gasteiger partial charge is 0.307 e. The Morgan fingerprint density at radius 2 is 0.815 bits per heavy atom. The lowest BCUT2D eigenvalue weighted by Gasteiger charge is -2.56. The molecule has 0 saturated carbocycles. The Morgan fingerprint density at radius 3 is 0.889 bits per heavy atom. The van der Waals surface area contributed by atoms with Crippen LogP contribution in [0.2, 0.25) is 0 Å². The number of aliphatic carboxylic acids is 3. The molecule has 7 nitrogen and oxygen atoms in total. The number of carboxylic acid groups (broad SMARTS) is 3. The van der Waals surface area contributed by atoms with Gasteiger partial charge in [0.2, 0.25) is 0 Å². The van der Waals surface area contributed by atoms with Crippen molar-refractivity contribution in [3.05, 3.63) is 0 Å². The summed E-state index contributed by atoms with van der Waals surface area (Å²) in [6.45, 7) is 14.7. The zero-order valence-corrected chi connectivity index (χ0v) is 18.1. The largest absolute Gasteiger partial charge is 0.481 e. The topological polar surface area (TPSA) is 138 Å². The molecule has 0 aliphatic heterocycles. The molecule has 27 heavy (non-hydrogen) atoms. The van der Waals surface area contributed by atoms with Crippen LogP contribution in [0.1, 0.15) is 62.3 Å². The van der Waals surface area contributed by atoms with Crippen molar-refractivity contribution in [1.82, 2.24) is 0 Å². The van der Waals surface area contributed by atoms with E-state index in [1.54, 1.807) is 62.3 Å². The predicted octanol–water partition coefficient (Wildman–Crippen LogP) is 3.17. The maximum Gasteiger partial charge on any atom is 0.307 e. The molecule has 7 heteroatoms. The van der Waals surface area contributed by atoms with Gasteiger partial charge < -0.3 is 21.1 Å². The van der Waals surface area contributed by atoms with E-state index in [2.05, 4.69) is 0 Å². The minimum Gasteiger partial charge on any atom is -0.481 e. The van der Waals surface area contributed by atoms with E-state index in [-0.39, 0.29) is 6.54 Å². The zero-order valence-electron chi connectivity index (χ0n) is 18.1. The van der Waals surface area contributed by atoms with E-state index in [9.17, 15) is 29.7 Å². The molecule has 0 aliphatic rings. The molecule has 0 aromatic carbocycles. The van der Waals surface area contributed by atoms with Gasteiger partial charge in [0.05, 0.1) is 17.8 Å². The van der Waals surface area contributed by atoms with Crippen molar-refractivity contribution in [2.24, 2.45) is 45.1 Å². The molecule has 0 spiro atoms. The fraction of sp³-hybridized carbons (Fsp3) is 0.850. The van der Waals surface area contributed by atoms with Crippen LogP contribution in [-0.4, -0.2) is 39.8 Å². The van der Waals surface area contributed by atoms with Crippen molar-refractivity contribution in [2.75, 3.05) is 6.54 Å². The Bertz CT molecular complexity index is 498. The molecule has 0 rings (SSSR count).